The number of nitrogens with two attached hydrogens (primary N) is 1. The number of hydrogen-bond acceptors (Lipinski definition) is 2. The van der Waals surface area contributed by atoms with Crippen molar-refractivity contribution >= 4 is 5.91 Å². The van der Waals surface area contributed by atoms with Crippen LogP contribution in [0.15, 0.2) is 0 Å². The first-order valence-corrected chi connectivity index (χ1v) is 7.99. The lowest BCUT2D eigenvalue weighted by molar-refractivity contribution is -0.122. The lowest BCUT2D eigenvalue weighted by atomic mass is 9.94. The summed E-state index contributed by atoms with van der Waals surface area (Å²) in [7, 11) is 0. The van der Waals surface area contributed by atoms with Crippen molar-refractivity contribution in [2.45, 2.75) is 78.7 Å². The Balaban J connectivity index is 3.81. The monoisotopic (exact) mass is 270 g/mol. The molecule has 0 saturated heterocycles. The minimum Gasteiger partial charge on any atom is -0.354 e. The van der Waals surface area contributed by atoms with Gasteiger partial charge in [0.15, 0.2) is 0 Å². The molecular formula is C16H34N2O. The molecule has 0 spiro atoms. The van der Waals surface area contributed by atoms with Crippen LogP contribution < -0.4 is 11.1 Å². The maximum absolute atomic E-state index is 11.9. The topological polar surface area (TPSA) is 55.1 Å². The molecule has 0 radical (unpaired) electrons. The van der Waals surface area contributed by atoms with Crippen molar-refractivity contribution in [3.63, 3.8) is 0 Å². The lowest BCUT2D eigenvalue weighted by Crippen LogP contribution is -2.35. The van der Waals surface area contributed by atoms with Crippen LogP contribution in [0.4, 0.5) is 0 Å². The summed E-state index contributed by atoms with van der Waals surface area (Å²) in [5.74, 6) is 1.10. The molecule has 0 saturated carbocycles. The van der Waals surface area contributed by atoms with Gasteiger partial charge in [-0.15, -0.1) is 0 Å². The van der Waals surface area contributed by atoms with E-state index in [0.29, 0.717) is 30.8 Å². The SMILES string of the molecule is CCCCCCC(C)NC(=O)CC(CN)CC(C)C. The maximum Gasteiger partial charge on any atom is 0.220 e. The number of unbranched alkanes of at least 4 members (excludes halogenated alkanes) is 3. The van der Waals surface area contributed by atoms with E-state index in [-0.39, 0.29) is 5.91 Å². The molecule has 3 nitrogen and oxygen atoms in total. The predicted octanol–water partition coefficient (Wildman–Crippen LogP) is 3.47. The van der Waals surface area contributed by atoms with Crippen LogP contribution in [0.5, 0.6) is 0 Å². The summed E-state index contributed by atoms with van der Waals surface area (Å²) in [6.07, 6.45) is 7.74. The molecule has 0 aliphatic heterocycles. The molecule has 0 bridgehead atoms. The van der Waals surface area contributed by atoms with Crippen LogP contribution in [0.3, 0.4) is 0 Å². The van der Waals surface area contributed by atoms with E-state index >= 15 is 0 Å². The van der Waals surface area contributed by atoms with Crippen LogP contribution in [0.2, 0.25) is 0 Å². The zero-order chi connectivity index (χ0) is 14.7. The second-order valence-electron chi connectivity index (χ2n) is 6.25. The van der Waals surface area contributed by atoms with Gasteiger partial charge >= 0.3 is 0 Å². The van der Waals surface area contributed by atoms with E-state index in [1.807, 2.05) is 0 Å². The van der Waals surface area contributed by atoms with Crippen molar-refractivity contribution in [2.24, 2.45) is 17.6 Å². The highest BCUT2D eigenvalue weighted by molar-refractivity contribution is 5.76. The van der Waals surface area contributed by atoms with Crippen LogP contribution in [0.1, 0.15) is 72.6 Å². The van der Waals surface area contributed by atoms with E-state index in [4.69, 9.17) is 5.73 Å². The molecule has 3 N–H and O–H groups in total. The Hall–Kier alpha value is -0.570. The minimum atomic E-state index is 0.166. The molecule has 0 fully saturated rings. The molecule has 0 aromatic carbocycles. The Morgan fingerprint density at radius 1 is 1.16 bits per heavy atom. The number of carbonyl (C=O) groups excluding carboxylic acids is 1. The van der Waals surface area contributed by atoms with Crippen molar-refractivity contribution in [1.82, 2.24) is 5.32 Å². The van der Waals surface area contributed by atoms with Crippen LogP contribution in [-0.4, -0.2) is 18.5 Å². The molecular weight excluding hydrogens is 236 g/mol. The van der Waals surface area contributed by atoms with E-state index < -0.39 is 0 Å². The van der Waals surface area contributed by atoms with E-state index in [0.717, 1.165) is 12.8 Å². The zero-order valence-electron chi connectivity index (χ0n) is 13.4. The van der Waals surface area contributed by atoms with Crippen molar-refractivity contribution in [3.8, 4) is 0 Å². The fraction of sp³-hybridized carbons (Fsp3) is 0.938. The molecule has 1 amide bonds. The highest BCUT2D eigenvalue weighted by Gasteiger charge is 2.15. The average molecular weight is 270 g/mol. The molecule has 0 aromatic heterocycles. The molecule has 0 aromatic rings. The van der Waals surface area contributed by atoms with Gasteiger partial charge in [-0.25, -0.2) is 0 Å². The first-order chi connectivity index (χ1) is 8.99. The molecule has 0 rings (SSSR count). The third-order valence-electron chi connectivity index (χ3n) is 3.51. The molecule has 3 heteroatoms. The summed E-state index contributed by atoms with van der Waals surface area (Å²) >= 11 is 0. The third kappa shape index (κ3) is 11.0. The maximum atomic E-state index is 11.9. The highest BCUT2D eigenvalue weighted by atomic mass is 16.1. The largest absolute Gasteiger partial charge is 0.354 e. The summed E-state index contributed by atoms with van der Waals surface area (Å²) in [5, 5.41) is 3.10. The smallest absolute Gasteiger partial charge is 0.220 e. The summed E-state index contributed by atoms with van der Waals surface area (Å²) in [6, 6.07) is 0.293. The summed E-state index contributed by atoms with van der Waals surface area (Å²) in [5.41, 5.74) is 5.73. The van der Waals surface area contributed by atoms with Gasteiger partial charge in [0.1, 0.15) is 0 Å². The van der Waals surface area contributed by atoms with Crippen molar-refractivity contribution in [1.29, 1.82) is 0 Å². The quantitative estimate of drug-likeness (QED) is 0.565. The predicted molar refractivity (Wildman–Crippen MR) is 83.0 cm³/mol. The lowest BCUT2D eigenvalue weighted by Gasteiger charge is -2.19. The van der Waals surface area contributed by atoms with Crippen LogP contribution >= 0.6 is 0 Å². The molecule has 0 aliphatic carbocycles. The van der Waals surface area contributed by atoms with Crippen LogP contribution in [0.25, 0.3) is 0 Å². The van der Waals surface area contributed by atoms with Gasteiger partial charge in [0.25, 0.3) is 0 Å². The second kappa shape index (κ2) is 11.3. The van der Waals surface area contributed by atoms with Crippen molar-refractivity contribution in [3.05, 3.63) is 0 Å². The molecule has 19 heavy (non-hydrogen) atoms. The number of nitrogens with one attached hydrogen (secondary N) is 1. The van der Waals surface area contributed by atoms with Gasteiger partial charge in [0.05, 0.1) is 0 Å². The third-order valence-corrected chi connectivity index (χ3v) is 3.51. The highest BCUT2D eigenvalue weighted by Crippen LogP contribution is 2.14. The van der Waals surface area contributed by atoms with E-state index in [9.17, 15) is 4.79 Å². The molecule has 0 aliphatic rings. The zero-order valence-corrected chi connectivity index (χ0v) is 13.4. The number of hydrogen-bond donors (Lipinski definition) is 2. The fourth-order valence-corrected chi connectivity index (χ4v) is 2.47. The Morgan fingerprint density at radius 2 is 1.84 bits per heavy atom. The molecule has 114 valence electrons. The van der Waals surface area contributed by atoms with Gasteiger partial charge in [-0.3, -0.25) is 4.79 Å². The Bertz CT molecular complexity index is 229. The Labute approximate surface area is 119 Å². The fourth-order valence-electron chi connectivity index (χ4n) is 2.47. The van der Waals surface area contributed by atoms with Gasteiger partial charge in [0, 0.05) is 12.5 Å². The van der Waals surface area contributed by atoms with Gasteiger partial charge < -0.3 is 11.1 Å². The first kappa shape index (κ1) is 18.4. The number of carbonyl (C=O) groups is 1. The number of amides is 1. The average Bonchev–Trinajstić information content (AvgIpc) is 2.33. The first-order valence-electron chi connectivity index (χ1n) is 7.99. The summed E-state index contributed by atoms with van der Waals surface area (Å²) in [4.78, 5) is 11.9. The van der Waals surface area contributed by atoms with Gasteiger partial charge in [-0.2, -0.15) is 0 Å². The second-order valence-corrected chi connectivity index (χ2v) is 6.25. The van der Waals surface area contributed by atoms with Gasteiger partial charge in [-0.05, 0) is 38.1 Å². The van der Waals surface area contributed by atoms with E-state index in [2.05, 4.69) is 33.0 Å². The van der Waals surface area contributed by atoms with Crippen molar-refractivity contribution in [2.75, 3.05) is 6.54 Å². The summed E-state index contributed by atoms with van der Waals surface area (Å²) in [6.45, 7) is 9.28. The standard InChI is InChI=1S/C16H34N2O/c1-5-6-7-8-9-14(4)18-16(19)11-15(12-17)10-13(2)3/h13-15H,5-12,17H2,1-4H3,(H,18,19). The van der Waals surface area contributed by atoms with Gasteiger partial charge in [-0.1, -0.05) is 46.5 Å². The van der Waals surface area contributed by atoms with Gasteiger partial charge in [0.2, 0.25) is 5.91 Å². The molecule has 2 unspecified atom stereocenters. The molecule has 2 atom stereocenters. The van der Waals surface area contributed by atoms with E-state index in [1.165, 1.54) is 25.7 Å². The molecule has 0 heterocycles. The normalized spacial score (nSPS) is 14.4. The van der Waals surface area contributed by atoms with E-state index in [1.54, 1.807) is 0 Å². The number of rotatable bonds is 11. The van der Waals surface area contributed by atoms with Crippen LogP contribution in [-0.2, 0) is 4.79 Å². The Kier molecular flexibility index (Phi) is 10.9. The van der Waals surface area contributed by atoms with Crippen molar-refractivity contribution < 1.29 is 4.79 Å². The van der Waals surface area contributed by atoms with Crippen LogP contribution in [0, 0.1) is 11.8 Å². The Morgan fingerprint density at radius 3 is 2.37 bits per heavy atom. The minimum absolute atomic E-state index is 0.166. The summed E-state index contributed by atoms with van der Waals surface area (Å²) < 4.78 is 0.